The molecule has 1 heterocycles. The van der Waals surface area contributed by atoms with Crippen LogP contribution in [-0.2, 0) is 11.8 Å². The van der Waals surface area contributed by atoms with E-state index in [2.05, 4.69) is 10.3 Å². The average molecular weight is 341 g/mol. The number of hydrogen-bond donors (Lipinski definition) is 1. The van der Waals surface area contributed by atoms with Crippen molar-refractivity contribution in [3.8, 4) is 0 Å². The number of nitrogens with one attached hydrogen (secondary N) is 1. The van der Waals surface area contributed by atoms with Crippen molar-refractivity contribution in [2.45, 2.75) is 10.9 Å². The zero-order valence-electron chi connectivity index (χ0n) is 12.6. The van der Waals surface area contributed by atoms with Crippen molar-refractivity contribution in [1.29, 1.82) is 0 Å². The van der Waals surface area contributed by atoms with E-state index in [9.17, 15) is 4.79 Å². The minimum absolute atomic E-state index is 0.413. The highest BCUT2D eigenvalue weighted by Gasteiger charge is 2.23. The van der Waals surface area contributed by atoms with Crippen molar-refractivity contribution in [3.05, 3.63) is 48.0 Å². The summed E-state index contributed by atoms with van der Waals surface area (Å²) in [5, 5.41) is 2.82. The molecule has 0 spiro atoms. The SMILES string of the molecule is CN(C)c1ccc(C(NC(=O)C(Cl)Cl)c2nccn2C)cc1. The van der Waals surface area contributed by atoms with Gasteiger partial charge in [-0.05, 0) is 17.7 Å². The van der Waals surface area contributed by atoms with E-state index in [4.69, 9.17) is 23.2 Å². The molecule has 0 aliphatic rings. The maximum atomic E-state index is 11.9. The van der Waals surface area contributed by atoms with E-state index in [0.29, 0.717) is 5.82 Å². The molecular weight excluding hydrogens is 323 g/mol. The molecule has 1 N–H and O–H groups in total. The number of aromatic nitrogens is 2. The number of amides is 1. The van der Waals surface area contributed by atoms with Crippen LogP contribution < -0.4 is 10.2 Å². The Bertz CT molecular complexity index is 637. The van der Waals surface area contributed by atoms with Crippen molar-refractivity contribution < 1.29 is 4.79 Å². The number of carbonyl (C=O) groups excluding carboxylic acids is 1. The second-order valence-electron chi connectivity index (χ2n) is 5.12. The molecule has 0 saturated carbocycles. The van der Waals surface area contributed by atoms with Crippen LogP contribution in [-0.4, -0.2) is 34.4 Å². The molecule has 118 valence electrons. The second-order valence-corrected chi connectivity index (χ2v) is 6.22. The Balaban J connectivity index is 2.35. The first-order valence-corrected chi connectivity index (χ1v) is 7.60. The number of aryl methyl sites for hydroxylation is 1. The Morgan fingerprint density at radius 2 is 1.91 bits per heavy atom. The van der Waals surface area contributed by atoms with E-state index in [1.165, 1.54) is 0 Å². The summed E-state index contributed by atoms with van der Waals surface area (Å²) in [6.07, 6.45) is 3.50. The number of alkyl halides is 2. The van der Waals surface area contributed by atoms with Crippen molar-refractivity contribution in [1.82, 2.24) is 14.9 Å². The van der Waals surface area contributed by atoms with Crippen LogP contribution in [0.1, 0.15) is 17.4 Å². The molecule has 0 saturated heterocycles. The first-order chi connectivity index (χ1) is 10.4. The maximum absolute atomic E-state index is 11.9. The number of imidazole rings is 1. The van der Waals surface area contributed by atoms with E-state index in [-0.39, 0.29) is 0 Å². The lowest BCUT2D eigenvalue weighted by molar-refractivity contribution is -0.120. The largest absolute Gasteiger partial charge is 0.378 e. The summed E-state index contributed by atoms with van der Waals surface area (Å²) >= 11 is 11.3. The summed E-state index contributed by atoms with van der Waals surface area (Å²) in [6.45, 7) is 0. The molecule has 7 heteroatoms. The minimum atomic E-state index is -1.12. The van der Waals surface area contributed by atoms with E-state index < -0.39 is 16.8 Å². The van der Waals surface area contributed by atoms with Gasteiger partial charge in [-0.15, -0.1) is 0 Å². The van der Waals surface area contributed by atoms with Crippen LogP contribution in [0.4, 0.5) is 5.69 Å². The Hall–Kier alpha value is -1.72. The van der Waals surface area contributed by atoms with Gasteiger partial charge >= 0.3 is 0 Å². The van der Waals surface area contributed by atoms with E-state index in [1.807, 2.05) is 61.1 Å². The van der Waals surface area contributed by atoms with Crippen LogP contribution in [0.15, 0.2) is 36.7 Å². The molecule has 5 nitrogen and oxygen atoms in total. The molecule has 0 bridgehead atoms. The topological polar surface area (TPSA) is 50.2 Å². The van der Waals surface area contributed by atoms with Crippen LogP contribution in [0.5, 0.6) is 0 Å². The smallest absolute Gasteiger partial charge is 0.254 e. The van der Waals surface area contributed by atoms with Crippen LogP contribution >= 0.6 is 23.2 Å². The highest BCUT2D eigenvalue weighted by molar-refractivity contribution is 6.53. The molecule has 0 fully saturated rings. The van der Waals surface area contributed by atoms with E-state index in [0.717, 1.165) is 11.3 Å². The molecule has 0 aliphatic carbocycles. The Kier molecular flexibility index (Phi) is 5.32. The average Bonchev–Trinajstić information content (AvgIpc) is 2.90. The lowest BCUT2D eigenvalue weighted by atomic mass is 10.1. The number of nitrogens with zero attached hydrogens (tertiary/aromatic N) is 3. The van der Waals surface area contributed by atoms with Gasteiger partial charge in [0.25, 0.3) is 5.91 Å². The fourth-order valence-corrected chi connectivity index (χ4v) is 2.25. The molecule has 22 heavy (non-hydrogen) atoms. The van der Waals surface area contributed by atoms with Crippen LogP contribution in [0.2, 0.25) is 0 Å². The lowest BCUT2D eigenvalue weighted by Crippen LogP contribution is -2.34. The van der Waals surface area contributed by atoms with Gasteiger partial charge in [-0.25, -0.2) is 4.98 Å². The number of benzene rings is 1. The number of halogens is 2. The van der Waals surface area contributed by atoms with Gasteiger partial charge in [0.1, 0.15) is 11.9 Å². The predicted octanol–water partition coefficient (Wildman–Crippen LogP) is 2.50. The lowest BCUT2D eigenvalue weighted by Gasteiger charge is -2.20. The molecule has 1 unspecified atom stereocenters. The third kappa shape index (κ3) is 3.72. The van der Waals surface area contributed by atoms with Crippen molar-refractivity contribution in [2.75, 3.05) is 19.0 Å². The predicted molar refractivity (Wildman–Crippen MR) is 89.5 cm³/mol. The van der Waals surface area contributed by atoms with Crippen LogP contribution in [0.25, 0.3) is 0 Å². The molecule has 2 aromatic rings. The standard InChI is InChI=1S/C15H18Cl2N4O/c1-20(2)11-6-4-10(5-7-11)12(19-15(22)13(16)17)14-18-8-9-21(14)3/h4-9,12-13H,1-3H3,(H,19,22). The first-order valence-electron chi connectivity index (χ1n) is 6.73. The van der Waals surface area contributed by atoms with Crippen LogP contribution in [0.3, 0.4) is 0 Å². The van der Waals surface area contributed by atoms with Gasteiger partial charge in [0.2, 0.25) is 0 Å². The Morgan fingerprint density at radius 3 is 2.36 bits per heavy atom. The molecule has 1 aromatic carbocycles. The fourth-order valence-electron chi connectivity index (χ4n) is 2.12. The minimum Gasteiger partial charge on any atom is -0.378 e. The summed E-state index contributed by atoms with van der Waals surface area (Å²) < 4.78 is 1.85. The van der Waals surface area contributed by atoms with Gasteiger partial charge < -0.3 is 14.8 Å². The summed E-state index contributed by atoms with van der Waals surface area (Å²) in [6, 6.07) is 7.45. The number of carbonyl (C=O) groups is 1. The molecule has 2 rings (SSSR count). The molecule has 1 atom stereocenters. The summed E-state index contributed by atoms with van der Waals surface area (Å²) in [5.74, 6) is 0.257. The summed E-state index contributed by atoms with van der Waals surface area (Å²) in [4.78, 5) is 17.1. The molecule has 0 aliphatic heterocycles. The fraction of sp³-hybridized carbons (Fsp3) is 0.333. The second kappa shape index (κ2) is 7.03. The van der Waals surface area contributed by atoms with Gasteiger partial charge in [0.15, 0.2) is 4.84 Å². The molecule has 0 radical (unpaired) electrons. The third-order valence-electron chi connectivity index (χ3n) is 3.34. The van der Waals surface area contributed by atoms with Gasteiger partial charge in [-0.2, -0.15) is 0 Å². The van der Waals surface area contributed by atoms with E-state index >= 15 is 0 Å². The molecule has 1 amide bonds. The van der Waals surface area contributed by atoms with Crippen LogP contribution in [0, 0.1) is 0 Å². The van der Waals surface area contributed by atoms with Gasteiger partial charge in [0.05, 0.1) is 0 Å². The Morgan fingerprint density at radius 1 is 1.27 bits per heavy atom. The number of hydrogen-bond acceptors (Lipinski definition) is 3. The van der Waals surface area contributed by atoms with Gasteiger partial charge in [-0.3, -0.25) is 4.79 Å². The zero-order chi connectivity index (χ0) is 16.3. The summed E-state index contributed by atoms with van der Waals surface area (Å²) in [7, 11) is 5.81. The monoisotopic (exact) mass is 340 g/mol. The maximum Gasteiger partial charge on any atom is 0.254 e. The van der Waals surface area contributed by atoms with Crippen molar-refractivity contribution >= 4 is 34.8 Å². The molecule has 1 aromatic heterocycles. The third-order valence-corrected chi connectivity index (χ3v) is 3.74. The zero-order valence-corrected chi connectivity index (χ0v) is 14.1. The van der Waals surface area contributed by atoms with Crippen molar-refractivity contribution in [3.63, 3.8) is 0 Å². The van der Waals surface area contributed by atoms with Gasteiger partial charge in [0, 0.05) is 39.2 Å². The normalized spacial score (nSPS) is 12.3. The van der Waals surface area contributed by atoms with Gasteiger partial charge in [-0.1, -0.05) is 35.3 Å². The molecular formula is C15H18Cl2N4O. The highest BCUT2D eigenvalue weighted by atomic mass is 35.5. The number of rotatable bonds is 5. The first kappa shape index (κ1) is 16.6. The highest BCUT2D eigenvalue weighted by Crippen LogP contribution is 2.23. The Labute approximate surface area is 139 Å². The van der Waals surface area contributed by atoms with E-state index in [1.54, 1.807) is 6.20 Å². The van der Waals surface area contributed by atoms with Crippen molar-refractivity contribution in [2.24, 2.45) is 7.05 Å². The summed E-state index contributed by atoms with van der Waals surface area (Å²) in [5.41, 5.74) is 1.98. The number of anilines is 1. The quantitative estimate of drug-likeness (QED) is 0.850.